The molecule has 0 saturated heterocycles. The molecule has 3 rings (SSSR count). The molecule has 0 radical (unpaired) electrons. The van der Waals surface area contributed by atoms with Gasteiger partial charge in [-0.05, 0) is 22.9 Å². The van der Waals surface area contributed by atoms with E-state index in [0.29, 0.717) is 0 Å². The van der Waals surface area contributed by atoms with Gasteiger partial charge in [0, 0.05) is 20.3 Å². The quantitative estimate of drug-likeness (QED) is 0.486. The Kier molecular flexibility index (Phi) is 2.38. The lowest BCUT2D eigenvalue weighted by Gasteiger charge is -2.07. The molecule has 0 nitrogen and oxygen atoms in total. The molecule has 0 heterocycles. The van der Waals surface area contributed by atoms with Gasteiger partial charge >= 0.3 is 0 Å². The van der Waals surface area contributed by atoms with Gasteiger partial charge in [0.15, 0.2) is 0 Å². The van der Waals surface area contributed by atoms with Crippen molar-refractivity contribution in [3.05, 3.63) is 58.0 Å². The fourth-order valence-corrected chi connectivity index (χ4v) is 2.95. The van der Waals surface area contributed by atoms with Gasteiger partial charge in [0.1, 0.15) is 0 Å². The molecule has 0 saturated carbocycles. The van der Waals surface area contributed by atoms with Gasteiger partial charge in [0.2, 0.25) is 0 Å². The third-order valence-electron chi connectivity index (χ3n) is 2.78. The maximum atomic E-state index is 6.27. The average molecular weight is 292 g/mol. The minimum Gasteiger partial charge on any atom is -0.0836 e. The van der Waals surface area contributed by atoms with Crippen LogP contribution in [0.1, 0.15) is 0 Å². The van der Waals surface area contributed by atoms with Gasteiger partial charge in [-0.3, -0.25) is 0 Å². The molecule has 0 aliphatic rings. The van der Waals surface area contributed by atoms with Crippen LogP contribution in [0.3, 0.4) is 0 Å². The summed E-state index contributed by atoms with van der Waals surface area (Å²) in [6, 6.07) is 16.4. The number of benzene rings is 3. The van der Waals surface area contributed by atoms with Crippen LogP contribution >= 0.6 is 27.5 Å². The van der Waals surface area contributed by atoms with Crippen LogP contribution in [0.25, 0.3) is 21.5 Å². The zero-order valence-corrected chi connectivity index (χ0v) is 10.7. The maximum absolute atomic E-state index is 6.27. The van der Waals surface area contributed by atoms with Crippen LogP contribution < -0.4 is 0 Å². The van der Waals surface area contributed by atoms with Gasteiger partial charge in [-0.15, -0.1) is 0 Å². The highest BCUT2D eigenvalue weighted by atomic mass is 79.9. The highest BCUT2D eigenvalue weighted by Gasteiger charge is 2.06. The van der Waals surface area contributed by atoms with E-state index in [1.165, 1.54) is 10.8 Å². The molecule has 78 valence electrons. The third kappa shape index (κ3) is 1.43. The fraction of sp³-hybridized carbons (Fsp3) is 0. The molecule has 0 spiro atoms. The van der Waals surface area contributed by atoms with Gasteiger partial charge in [-0.2, -0.15) is 0 Å². The van der Waals surface area contributed by atoms with E-state index in [-0.39, 0.29) is 0 Å². The van der Waals surface area contributed by atoms with E-state index in [4.69, 9.17) is 11.6 Å². The molecule has 0 unspecified atom stereocenters. The molecule has 3 aromatic rings. The summed E-state index contributed by atoms with van der Waals surface area (Å²) in [5.74, 6) is 0. The molecule has 0 N–H and O–H groups in total. The normalized spacial score (nSPS) is 11.1. The number of fused-ring (bicyclic) bond motifs is 3. The lowest BCUT2D eigenvalue weighted by Crippen LogP contribution is -1.80. The predicted molar refractivity (Wildman–Crippen MR) is 74.2 cm³/mol. The minimum atomic E-state index is 0.807. The molecule has 0 aliphatic carbocycles. The van der Waals surface area contributed by atoms with Gasteiger partial charge in [0.05, 0.1) is 0 Å². The van der Waals surface area contributed by atoms with E-state index in [0.717, 1.165) is 20.3 Å². The zero-order chi connectivity index (χ0) is 11.1. The standard InChI is InChI=1S/C14H8BrCl/c15-12-7-3-4-9-8-13(16)10-5-1-2-6-11(10)14(9)12/h1-8H. The second-order valence-corrected chi connectivity index (χ2v) is 5.00. The highest BCUT2D eigenvalue weighted by molar-refractivity contribution is 9.10. The van der Waals surface area contributed by atoms with Crippen molar-refractivity contribution < 1.29 is 0 Å². The minimum absolute atomic E-state index is 0.807. The first kappa shape index (κ1) is 10.1. The van der Waals surface area contributed by atoms with Crippen LogP contribution in [-0.4, -0.2) is 0 Å². The summed E-state index contributed by atoms with van der Waals surface area (Å²) in [4.78, 5) is 0. The highest BCUT2D eigenvalue weighted by Crippen LogP contribution is 2.35. The van der Waals surface area contributed by atoms with Gasteiger partial charge in [-0.25, -0.2) is 0 Å². The predicted octanol–water partition coefficient (Wildman–Crippen LogP) is 5.41. The van der Waals surface area contributed by atoms with Crippen molar-refractivity contribution in [2.45, 2.75) is 0 Å². The molecule has 0 bridgehead atoms. The number of rotatable bonds is 0. The van der Waals surface area contributed by atoms with Crippen LogP contribution in [0.4, 0.5) is 0 Å². The Balaban J connectivity index is 2.67. The van der Waals surface area contributed by atoms with Crippen molar-refractivity contribution in [3.8, 4) is 0 Å². The second kappa shape index (κ2) is 3.76. The number of halogens is 2. The Morgan fingerprint density at radius 3 is 2.44 bits per heavy atom. The molecule has 0 atom stereocenters. The Morgan fingerprint density at radius 2 is 1.62 bits per heavy atom. The molecule has 0 aliphatic heterocycles. The second-order valence-electron chi connectivity index (χ2n) is 3.74. The Bertz CT molecular complexity index is 689. The summed E-state index contributed by atoms with van der Waals surface area (Å²) >= 11 is 9.87. The first-order chi connectivity index (χ1) is 7.77. The monoisotopic (exact) mass is 290 g/mol. The lowest BCUT2D eigenvalue weighted by atomic mass is 10.0. The van der Waals surface area contributed by atoms with Crippen molar-refractivity contribution in [2.24, 2.45) is 0 Å². The van der Waals surface area contributed by atoms with Crippen molar-refractivity contribution in [3.63, 3.8) is 0 Å². The topological polar surface area (TPSA) is 0 Å². The summed E-state index contributed by atoms with van der Waals surface area (Å²) in [6.45, 7) is 0. The van der Waals surface area contributed by atoms with Crippen LogP contribution in [0.5, 0.6) is 0 Å². The first-order valence-corrected chi connectivity index (χ1v) is 6.20. The summed E-state index contributed by atoms with van der Waals surface area (Å²) < 4.78 is 1.11. The molecular formula is C14H8BrCl. The Labute approximate surface area is 107 Å². The molecule has 0 aromatic heterocycles. The summed E-state index contributed by atoms with van der Waals surface area (Å²) in [6.07, 6.45) is 0. The Morgan fingerprint density at radius 1 is 0.875 bits per heavy atom. The van der Waals surface area contributed by atoms with E-state index in [1.807, 2.05) is 24.3 Å². The molecule has 16 heavy (non-hydrogen) atoms. The van der Waals surface area contributed by atoms with E-state index < -0.39 is 0 Å². The molecule has 3 aromatic carbocycles. The van der Waals surface area contributed by atoms with Gasteiger partial charge in [-0.1, -0.05) is 63.9 Å². The average Bonchev–Trinajstić information content (AvgIpc) is 2.29. The maximum Gasteiger partial charge on any atom is 0.0490 e. The largest absolute Gasteiger partial charge is 0.0836 e. The van der Waals surface area contributed by atoms with Crippen molar-refractivity contribution >= 4 is 49.1 Å². The van der Waals surface area contributed by atoms with E-state index in [9.17, 15) is 0 Å². The smallest absolute Gasteiger partial charge is 0.0490 e. The summed E-state index contributed by atoms with van der Waals surface area (Å²) in [5, 5.41) is 5.49. The summed E-state index contributed by atoms with van der Waals surface area (Å²) in [7, 11) is 0. The Hall–Kier alpha value is -1.05. The van der Waals surface area contributed by atoms with E-state index in [1.54, 1.807) is 0 Å². The van der Waals surface area contributed by atoms with E-state index in [2.05, 4.69) is 40.2 Å². The zero-order valence-electron chi connectivity index (χ0n) is 8.37. The van der Waals surface area contributed by atoms with Crippen molar-refractivity contribution in [1.29, 1.82) is 0 Å². The molecule has 0 fully saturated rings. The van der Waals surface area contributed by atoms with Crippen LogP contribution in [-0.2, 0) is 0 Å². The van der Waals surface area contributed by atoms with Crippen LogP contribution in [0, 0.1) is 0 Å². The molecule has 2 heteroatoms. The number of hydrogen-bond donors (Lipinski definition) is 0. The summed E-state index contributed by atoms with van der Waals surface area (Å²) in [5.41, 5.74) is 0. The number of hydrogen-bond acceptors (Lipinski definition) is 0. The van der Waals surface area contributed by atoms with E-state index >= 15 is 0 Å². The van der Waals surface area contributed by atoms with Crippen LogP contribution in [0.2, 0.25) is 5.02 Å². The van der Waals surface area contributed by atoms with Gasteiger partial charge in [0.25, 0.3) is 0 Å². The molecular weight excluding hydrogens is 284 g/mol. The first-order valence-electron chi connectivity index (χ1n) is 5.03. The third-order valence-corrected chi connectivity index (χ3v) is 3.76. The fourth-order valence-electron chi connectivity index (χ4n) is 2.07. The van der Waals surface area contributed by atoms with Gasteiger partial charge < -0.3 is 0 Å². The van der Waals surface area contributed by atoms with Crippen LogP contribution in [0.15, 0.2) is 53.0 Å². The lowest BCUT2D eigenvalue weighted by molar-refractivity contribution is 1.73. The van der Waals surface area contributed by atoms with Crippen molar-refractivity contribution in [2.75, 3.05) is 0 Å². The molecule has 0 amide bonds. The SMILES string of the molecule is Clc1cc2cccc(Br)c2c2ccccc12. The van der Waals surface area contributed by atoms with Crippen molar-refractivity contribution in [1.82, 2.24) is 0 Å².